The zero-order chi connectivity index (χ0) is 56.4. The average molecular weight is 1100 g/mol. The molecule has 3 N–H and O–H groups in total. The first-order chi connectivity index (χ1) is 38.5. The highest BCUT2D eigenvalue weighted by molar-refractivity contribution is 5.76. The molecule has 0 spiro atoms. The van der Waals surface area contributed by atoms with Crippen molar-refractivity contribution in [2.24, 2.45) is 0 Å². The van der Waals surface area contributed by atoms with E-state index in [0.29, 0.717) is 19.4 Å². The second-order valence-electron chi connectivity index (χ2n) is 24.6. The van der Waals surface area contributed by atoms with Crippen LogP contribution in [-0.2, 0) is 14.3 Å². The zero-order valence-corrected chi connectivity index (χ0v) is 52.9. The van der Waals surface area contributed by atoms with Gasteiger partial charge in [-0.05, 0) is 57.8 Å². The van der Waals surface area contributed by atoms with E-state index < -0.39 is 12.1 Å². The van der Waals surface area contributed by atoms with Crippen LogP contribution in [0.25, 0.3) is 0 Å². The van der Waals surface area contributed by atoms with Crippen LogP contribution in [0.1, 0.15) is 399 Å². The molecule has 2 atom stereocenters. The molecule has 0 saturated carbocycles. The highest BCUT2D eigenvalue weighted by Gasteiger charge is 2.18. The molecule has 462 valence electrons. The number of aliphatic hydroxyl groups excluding tert-OH is 2. The van der Waals surface area contributed by atoms with Crippen molar-refractivity contribution in [3.63, 3.8) is 0 Å². The van der Waals surface area contributed by atoms with Crippen LogP contribution < -0.4 is 5.32 Å². The number of carbonyl (C=O) groups is 2. The van der Waals surface area contributed by atoms with Crippen molar-refractivity contribution in [3.05, 3.63) is 24.3 Å². The van der Waals surface area contributed by atoms with Gasteiger partial charge >= 0.3 is 5.97 Å². The molecule has 0 bridgehead atoms. The minimum Gasteiger partial charge on any atom is -0.466 e. The quantitative estimate of drug-likeness (QED) is 0.0320. The van der Waals surface area contributed by atoms with Crippen LogP contribution >= 0.6 is 0 Å². The van der Waals surface area contributed by atoms with Gasteiger partial charge < -0.3 is 20.3 Å². The summed E-state index contributed by atoms with van der Waals surface area (Å²) in [4.78, 5) is 24.6. The summed E-state index contributed by atoms with van der Waals surface area (Å²) in [5.74, 6) is -0.0595. The Balaban J connectivity index is 3.41. The first-order valence-corrected chi connectivity index (χ1v) is 35.6. The molecule has 0 aromatic heterocycles. The molecule has 0 radical (unpaired) electrons. The lowest BCUT2D eigenvalue weighted by Gasteiger charge is -2.20. The molecule has 6 nitrogen and oxygen atoms in total. The molecule has 1 amide bonds. The third-order valence-corrected chi connectivity index (χ3v) is 16.7. The normalized spacial score (nSPS) is 12.6. The Morgan fingerprint density at radius 2 is 0.603 bits per heavy atom. The topological polar surface area (TPSA) is 95.9 Å². The van der Waals surface area contributed by atoms with Gasteiger partial charge in [0.25, 0.3) is 0 Å². The minimum atomic E-state index is -0.847. The number of hydrogen-bond acceptors (Lipinski definition) is 5. The van der Waals surface area contributed by atoms with Crippen LogP contribution in [0, 0.1) is 0 Å². The molecular formula is C72H139NO5. The number of aliphatic hydroxyl groups is 2. The largest absolute Gasteiger partial charge is 0.466 e. The number of nitrogens with one attached hydrogen (secondary N) is 1. The molecule has 0 aromatic rings. The predicted octanol–water partition coefficient (Wildman–Crippen LogP) is 22.9. The molecule has 78 heavy (non-hydrogen) atoms. The Hall–Kier alpha value is -1.66. The molecule has 0 fully saturated rings. The van der Waals surface area contributed by atoms with Crippen LogP contribution in [0.4, 0.5) is 0 Å². The molecular weight excluding hydrogens is 959 g/mol. The molecule has 0 aliphatic heterocycles. The lowest BCUT2D eigenvalue weighted by molar-refractivity contribution is -0.143. The van der Waals surface area contributed by atoms with Gasteiger partial charge in [-0.25, -0.2) is 0 Å². The van der Waals surface area contributed by atoms with Crippen LogP contribution in [0.15, 0.2) is 24.3 Å². The van der Waals surface area contributed by atoms with E-state index in [-0.39, 0.29) is 18.5 Å². The average Bonchev–Trinajstić information content (AvgIpc) is 3.44. The third-order valence-electron chi connectivity index (χ3n) is 16.7. The van der Waals surface area contributed by atoms with Crippen molar-refractivity contribution in [3.8, 4) is 0 Å². The first-order valence-electron chi connectivity index (χ1n) is 35.6. The Labute approximate surface area is 488 Å². The number of hydrogen-bond donors (Lipinski definition) is 3. The fourth-order valence-corrected chi connectivity index (χ4v) is 11.3. The molecule has 0 aliphatic rings. The van der Waals surface area contributed by atoms with E-state index in [9.17, 15) is 19.8 Å². The number of esters is 1. The second kappa shape index (κ2) is 67.8. The summed E-state index contributed by atoms with van der Waals surface area (Å²) in [7, 11) is 0. The molecule has 6 heteroatoms. The summed E-state index contributed by atoms with van der Waals surface area (Å²) in [5.41, 5.74) is 0. The lowest BCUT2D eigenvalue weighted by atomic mass is 10.0. The van der Waals surface area contributed by atoms with Gasteiger partial charge in [-0.1, -0.05) is 353 Å². The van der Waals surface area contributed by atoms with Gasteiger partial charge in [0.2, 0.25) is 5.91 Å². The van der Waals surface area contributed by atoms with E-state index in [1.54, 1.807) is 6.08 Å². The van der Waals surface area contributed by atoms with Crippen molar-refractivity contribution in [1.82, 2.24) is 5.32 Å². The van der Waals surface area contributed by atoms with Gasteiger partial charge in [-0.3, -0.25) is 9.59 Å². The van der Waals surface area contributed by atoms with Crippen molar-refractivity contribution in [2.45, 2.75) is 411 Å². The molecule has 2 unspecified atom stereocenters. The van der Waals surface area contributed by atoms with Crippen molar-refractivity contribution in [1.29, 1.82) is 0 Å². The van der Waals surface area contributed by atoms with E-state index in [1.807, 2.05) is 6.08 Å². The van der Waals surface area contributed by atoms with Gasteiger partial charge in [-0.2, -0.15) is 0 Å². The Kier molecular flexibility index (Phi) is 66.4. The van der Waals surface area contributed by atoms with Crippen LogP contribution in [-0.4, -0.2) is 47.4 Å². The maximum atomic E-state index is 12.5. The SMILES string of the molecule is CCCCCCCCC/C=C\CCCCCCCC(=O)OCCCCCCCCCCCCCCCCCCCCCCCC(=O)NC(CO)C(O)/C=C/CCCCCCCCCCCCCCCCCCCCCCCC. The molecule has 0 heterocycles. The van der Waals surface area contributed by atoms with Gasteiger partial charge in [-0.15, -0.1) is 0 Å². The van der Waals surface area contributed by atoms with Crippen molar-refractivity contribution >= 4 is 11.9 Å². The molecule has 0 aliphatic carbocycles. The Morgan fingerprint density at radius 1 is 0.346 bits per heavy atom. The Morgan fingerprint density at radius 3 is 0.910 bits per heavy atom. The molecule has 0 aromatic carbocycles. The molecule has 0 rings (SSSR count). The predicted molar refractivity (Wildman–Crippen MR) is 343 cm³/mol. The lowest BCUT2D eigenvalue weighted by Crippen LogP contribution is -2.45. The summed E-state index contributed by atoms with van der Waals surface area (Å²) < 4.78 is 5.49. The van der Waals surface area contributed by atoms with Crippen molar-refractivity contribution < 1.29 is 24.5 Å². The minimum absolute atomic E-state index is 0.00501. The maximum Gasteiger partial charge on any atom is 0.305 e. The standard InChI is InChI=1S/C72H139NO5/c1-3-5-7-9-11-13-15-17-19-21-22-23-24-25-27-30-33-36-40-44-48-52-56-60-64-70(75)69(68-74)73-71(76)65-61-57-53-49-45-41-37-34-31-28-26-29-32-35-39-43-47-51-55-59-63-67-78-72(77)66-62-58-54-50-46-42-38-20-18-16-14-12-10-8-6-4-2/h20,38,60,64,69-70,74-75H,3-19,21-37,39-59,61-63,65-68H2,1-2H3,(H,73,76)/b38-20-,64-60+. The second-order valence-corrected chi connectivity index (χ2v) is 24.6. The van der Waals surface area contributed by atoms with E-state index in [2.05, 4.69) is 31.3 Å². The number of carbonyl (C=O) groups excluding carboxylic acids is 2. The highest BCUT2D eigenvalue weighted by Crippen LogP contribution is 2.19. The van der Waals surface area contributed by atoms with Crippen LogP contribution in [0.3, 0.4) is 0 Å². The highest BCUT2D eigenvalue weighted by atomic mass is 16.5. The number of allylic oxidation sites excluding steroid dienone is 3. The summed E-state index contributed by atoms with van der Waals surface area (Å²) in [6.45, 7) is 4.93. The maximum absolute atomic E-state index is 12.5. The van der Waals surface area contributed by atoms with E-state index in [1.165, 1.54) is 327 Å². The fraction of sp³-hybridized carbons (Fsp3) is 0.917. The first kappa shape index (κ1) is 76.3. The number of ether oxygens (including phenoxy) is 1. The van der Waals surface area contributed by atoms with E-state index in [0.717, 1.165) is 44.9 Å². The van der Waals surface area contributed by atoms with Crippen LogP contribution in [0.5, 0.6) is 0 Å². The summed E-state index contributed by atoms with van der Waals surface area (Å²) in [6, 6.07) is -0.630. The van der Waals surface area contributed by atoms with Gasteiger partial charge in [0.1, 0.15) is 0 Å². The molecule has 0 saturated heterocycles. The van der Waals surface area contributed by atoms with Crippen molar-refractivity contribution in [2.75, 3.05) is 13.2 Å². The number of amides is 1. The summed E-state index contributed by atoms with van der Waals surface area (Å²) in [6.07, 6.45) is 85.4. The van der Waals surface area contributed by atoms with Gasteiger partial charge in [0.05, 0.1) is 25.4 Å². The summed E-state index contributed by atoms with van der Waals surface area (Å²) in [5, 5.41) is 23.3. The monoisotopic (exact) mass is 1100 g/mol. The van der Waals surface area contributed by atoms with E-state index in [4.69, 9.17) is 4.74 Å². The zero-order valence-electron chi connectivity index (χ0n) is 52.9. The summed E-state index contributed by atoms with van der Waals surface area (Å²) >= 11 is 0. The van der Waals surface area contributed by atoms with Gasteiger partial charge in [0.15, 0.2) is 0 Å². The van der Waals surface area contributed by atoms with Gasteiger partial charge in [0, 0.05) is 12.8 Å². The number of rotatable bonds is 67. The smallest absolute Gasteiger partial charge is 0.305 e. The van der Waals surface area contributed by atoms with E-state index >= 15 is 0 Å². The Bertz CT molecular complexity index is 1220. The number of unbranched alkanes of at least 4 members (excludes halogenated alkanes) is 54. The van der Waals surface area contributed by atoms with Crippen LogP contribution in [0.2, 0.25) is 0 Å². The fourth-order valence-electron chi connectivity index (χ4n) is 11.3. The third kappa shape index (κ3) is 63.5.